The highest BCUT2D eigenvalue weighted by molar-refractivity contribution is 6.30. The lowest BCUT2D eigenvalue weighted by Gasteiger charge is -2.36. The molecule has 1 amide bonds. The Balaban J connectivity index is 1.56. The van der Waals surface area contributed by atoms with Crippen molar-refractivity contribution < 1.29 is 9.53 Å². The van der Waals surface area contributed by atoms with Gasteiger partial charge in [-0.05, 0) is 42.0 Å². The van der Waals surface area contributed by atoms with Gasteiger partial charge in [0.2, 0.25) is 5.91 Å². The summed E-state index contributed by atoms with van der Waals surface area (Å²) in [5, 5.41) is 7.10. The predicted molar refractivity (Wildman–Crippen MR) is 105 cm³/mol. The first-order chi connectivity index (χ1) is 12.7. The first-order valence-electron chi connectivity index (χ1n) is 8.80. The van der Waals surface area contributed by atoms with Crippen molar-refractivity contribution in [2.75, 3.05) is 38.6 Å². The Morgan fingerprint density at radius 3 is 2.85 bits per heavy atom. The molecular formula is C20H24ClN3O2. The number of ether oxygens (including phenoxy) is 1. The summed E-state index contributed by atoms with van der Waals surface area (Å²) in [7, 11) is 1.62. The first kappa shape index (κ1) is 18.7. The molecule has 26 heavy (non-hydrogen) atoms. The molecule has 2 aromatic rings. The molecule has 3 rings (SSSR count). The summed E-state index contributed by atoms with van der Waals surface area (Å²) in [6.07, 6.45) is 0.448. The number of carbonyl (C=O) groups excluding carboxylic acids is 1. The molecule has 0 bridgehead atoms. The van der Waals surface area contributed by atoms with Gasteiger partial charge in [-0.15, -0.1) is 0 Å². The van der Waals surface area contributed by atoms with Crippen LogP contribution >= 0.6 is 11.6 Å². The van der Waals surface area contributed by atoms with E-state index in [-0.39, 0.29) is 11.9 Å². The topological polar surface area (TPSA) is 53.6 Å². The summed E-state index contributed by atoms with van der Waals surface area (Å²) < 4.78 is 5.13. The Labute approximate surface area is 159 Å². The Kier molecular flexibility index (Phi) is 6.50. The minimum absolute atomic E-state index is 0.0125. The van der Waals surface area contributed by atoms with Gasteiger partial charge in [0.15, 0.2) is 0 Å². The van der Waals surface area contributed by atoms with Crippen LogP contribution in [0.4, 0.5) is 5.69 Å². The molecule has 0 saturated carbocycles. The van der Waals surface area contributed by atoms with Crippen molar-refractivity contribution in [3.8, 4) is 5.75 Å². The normalized spacial score (nSPS) is 17.7. The molecule has 0 spiro atoms. The van der Waals surface area contributed by atoms with E-state index in [9.17, 15) is 4.79 Å². The molecule has 1 heterocycles. The molecule has 5 nitrogen and oxygen atoms in total. The van der Waals surface area contributed by atoms with Crippen molar-refractivity contribution in [3.63, 3.8) is 0 Å². The van der Waals surface area contributed by atoms with Gasteiger partial charge in [0.25, 0.3) is 0 Å². The minimum atomic E-state index is 0.0125. The second-order valence-electron chi connectivity index (χ2n) is 6.34. The summed E-state index contributed by atoms with van der Waals surface area (Å²) in [4.78, 5) is 14.6. The number of benzene rings is 2. The van der Waals surface area contributed by atoms with Gasteiger partial charge in [0.1, 0.15) is 5.75 Å². The third-order valence-electron chi connectivity index (χ3n) is 4.59. The van der Waals surface area contributed by atoms with Crippen LogP contribution in [0.3, 0.4) is 0 Å². The van der Waals surface area contributed by atoms with E-state index in [4.69, 9.17) is 16.3 Å². The number of amides is 1. The van der Waals surface area contributed by atoms with Crippen LogP contribution in [-0.4, -0.2) is 44.1 Å². The number of nitrogens with one attached hydrogen (secondary N) is 2. The molecule has 138 valence electrons. The lowest BCUT2D eigenvalue weighted by atomic mass is 10.0. The average Bonchev–Trinajstić information content (AvgIpc) is 2.67. The van der Waals surface area contributed by atoms with Crippen LogP contribution in [0, 0.1) is 0 Å². The van der Waals surface area contributed by atoms with Gasteiger partial charge in [-0.25, -0.2) is 0 Å². The maximum absolute atomic E-state index is 12.3. The van der Waals surface area contributed by atoms with E-state index in [0.29, 0.717) is 13.0 Å². The highest BCUT2D eigenvalue weighted by atomic mass is 35.5. The van der Waals surface area contributed by atoms with E-state index >= 15 is 0 Å². The molecule has 6 heteroatoms. The molecule has 1 atom stereocenters. The Bertz CT molecular complexity index is 736. The third-order valence-corrected chi connectivity index (χ3v) is 4.82. The number of nitrogens with zero attached hydrogens (tertiary/aromatic N) is 1. The standard InChI is InChI=1S/C20H24ClN3O2/c1-26-18-7-5-17(6-8-18)23-20(25)9-11-24-12-10-22-14-19(24)15-3-2-4-16(21)13-15/h2-8,13,19,22H,9-12,14H2,1H3,(H,23,25). The van der Waals surface area contributed by atoms with Crippen molar-refractivity contribution >= 4 is 23.2 Å². The molecule has 1 unspecified atom stereocenters. The highest BCUT2D eigenvalue weighted by Gasteiger charge is 2.24. The maximum atomic E-state index is 12.3. The van der Waals surface area contributed by atoms with E-state index in [0.717, 1.165) is 36.1 Å². The van der Waals surface area contributed by atoms with Gasteiger partial charge in [0.05, 0.1) is 7.11 Å². The SMILES string of the molecule is COc1ccc(NC(=O)CCN2CCNCC2c2cccc(Cl)c2)cc1. The van der Waals surface area contributed by atoms with E-state index in [1.165, 1.54) is 5.56 Å². The Morgan fingerprint density at radius 2 is 2.12 bits per heavy atom. The number of carbonyl (C=O) groups is 1. The van der Waals surface area contributed by atoms with Crippen LogP contribution in [0.1, 0.15) is 18.0 Å². The van der Waals surface area contributed by atoms with Gasteiger partial charge in [-0.2, -0.15) is 0 Å². The smallest absolute Gasteiger partial charge is 0.225 e. The lowest BCUT2D eigenvalue weighted by Crippen LogP contribution is -2.46. The van der Waals surface area contributed by atoms with E-state index in [1.54, 1.807) is 7.11 Å². The van der Waals surface area contributed by atoms with Gasteiger partial charge < -0.3 is 15.4 Å². The minimum Gasteiger partial charge on any atom is -0.497 e. The molecule has 0 radical (unpaired) electrons. The fourth-order valence-corrected chi connectivity index (χ4v) is 3.40. The van der Waals surface area contributed by atoms with Crippen LogP contribution in [0.5, 0.6) is 5.75 Å². The fraction of sp³-hybridized carbons (Fsp3) is 0.350. The molecule has 1 aliphatic rings. The maximum Gasteiger partial charge on any atom is 0.225 e. The van der Waals surface area contributed by atoms with Crippen LogP contribution in [0.2, 0.25) is 5.02 Å². The van der Waals surface area contributed by atoms with E-state index in [2.05, 4.69) is 21.6 Å². The largest absolute Gasteiger partial charge is 0.497 e. The van der Waals surface area contributed by atoms with Crippen LogP contribution < -0.4 is 15.4 Å². The number of piperazine rings is 1. The quantitative estimate of drug-likeness (QED) is 0.815. The fourth-order valence-electron chi connectivity index (χ4n) is 3.20. The summed E-state index contributed by atoms with van der Waals surface area (Å²) in [6, 6.07) is 15.5. The highest BCUT2D eigenvalue weighted by Crippen LogP contribution is 2.25. The lowest BCUT2D eigenvalue weighted by molar-refractivity contribution is -0.116. The van der Waals surface area contributed by atoms with Gasteiger partial charge in [-0.1, -0.05) is 23.7 Å². The monoisotopic (exact) mass is 373 g/mol. The molecule has 1 aliphatic heterocycles. The Hall–Kier alpha value is -2.08. The summed E-state index contributed by atoms with van der Waals surface area (Å²) in [5.41, 5.74) is 1.96. The summed E-state index contributed by atoms with van der Waals surface area (Å²) in [5.74, 6) is 0.784. The van der Waals surface area contributed by atoms with Crippen molar-refractivity contribution in [3.05, 3.63) is 59.1 Å². The van der Waals surface area contributed by atoms with Crippen molar-refractivity contribution in [2.24, 2.45) is 0 Å². The van der Waals surface area contributed by atoms with Crippen LogP contribution in [0.15, 0.2) is 48.5 Å². The zero-order valence-corrected chi connectivity index (χ0v) is 15.6. The molecule has 0 aromatic heterocycles. The van der Waals surface area contributed by atoms with Crippen molar-refractivity contribution in [1.29, 1.82) is 0 Å². The average molecular weight is 374 g/mol. The van der Waals surface area contributed by atoms with E-state index < -0.39 is 0 Å². The van der Waals surface area contributed by atoms with Gasteiger partial charge in [-0.3, -0.25) is 9.69 Å². The van der Waals surface area contributed by atoms with Crippen molar-refractivity contribution in [1.82, 2.24) is 10.2 Å². The number of anilines is 1. The molecule has 1 saturated heterocycles. The number of halogens is 1. The van der Waals surface area contributed by atoms with Gasteiger partial charge >= 0.3 is 0 Å². The molecule has 0 aliphatic carbocycles. The Morgan fingerprint density at radius 1 is 1.31 bits per heavy atom. The third kappa shape index (κ3) is 4.97. The zero-order valence-electron chi connectivity index (χ0n) is 14.9. The second kappa shape index (κ2) is 9.03. The predicted octanol–water partition coefficient (Wildman–Crippen LogP) is 3.32. The first-order valence-corrected chi connectivity index (χ1v) is 9.17. The van der Waals surface area contributed by atoms with Gasteiger partial charge in [0, 0.05) is 49.4 Å². The summed E-state index contributed by atoms with van der Waals surface area (Å²) >= 11 is 6.14. The molecule has 1 fully saturated rings. The number of hydrogen-bond donors (Lipinski definition) is 2. The number of methoxy groups -OCH3 is 1. The number of rotatable bonds is 6. The van der Waals surface area contributed by atoms with E-state index in [1.807, 2.05) is 42.5 Å². The summed E-state index contributed by atoms with van der Waals surface area (Å²) in [6.45, 7) is 3.41. The molecule has 2 aromatic carbocycles. The second-order valence-corrected chi connectivity index (χ2v) is 6.77. The van der Waals surface area contributed by atoms with Crippen LogP contribution in [-0.2, 0) is 4.79 Å². The zero-order chi connectivity index (χ0) is 18.4. The number of hydrogen-bond acceptors (Lipinski definition) is 4. The van der Waals surface area contributed by atoms with Crippen LogP contribution in [0.25, 0.3) is 0 Å². The molecular weight excluding hydrogens is 350 g/mol. The molecule has 2 N–H and O–H groups in total. The van der Waals surface area contributed by atoms with Crippen molar-refractivity contribution in [2.45, 2.75) is 12.5 Å².